The van der Waals surface area contributed by atoms with Crippen molar-refractivity contribution in [3.05, 3.63) is 0 Å². The molecule has 88 valence electrons. The lowest BCUT2D eigenvalue weighted by Gasteiger charge is -2.12. The Bertz CT molecular complexity index is 192. The van der Waals surface area contributed by atoms with Crippen molar-refractivity contribution >= 4 is 5.97 Å². The number of carboxylic acid groups (broad SMARTS) is 1. The van der Waals surface area contributed by atoms with Crippen LogP contribution in [0.5, 0.6) is 0 Å². The van der Waals surface area contributed by atoms with Crippen molar-refractivity contribution < 1.29 is 14.6 Å². The summed E-state index contributed by atoms with van der Waals surface area (Å²) in [6, 6.07) is 0. The fourth-order valence-electron chi connectivity index (χ4n) is 1.47. The van der Waals surface area contributed by atoms with E-state index in [1.807, 2.05) is 0 Å². The highest BCUT2D eigenvalue weighted by Gasteiger charge is 2.23. The van der Waals surface area contributed by atoms with Crippen molar-refractivity contribution in [3.8, 4) is 0 Å². The summed E-state index contributed by atoms with van der Waals surface area (Å²) < 4.78 is 5.40. The lowest BCUT2D eigenvalue weighted by atomic mass is 10.0. The Labute approximate surface area is 90.8 Å². The molecule has 1 rings (SSSR count). The van der Waals surface area contributed by atoms with E-state index in [9.17, 15) is 4.79 Å². The zero-order valence-corrected chi connectivity index (χ0v) is 9.15. The van der Waals surface area contributed by atoms with Gasteiger partial charge in [-0.15, -0.1) is 0 Å². The maximum Gasteiger partial charge on any atom is 0.308 e. The molecular formula is C11H21NO3. The third kappa shape index (κ3) is 5.74. The van der Waals surface area contributed by atoms with E-state index in [2.05, 4.69) is 0 Å². The number of aliphatic carboxylic acids is 1. The maximum absolute atomic E-state index is 10.9. The maximum atomic E-state index is 10.9. The summed E-state index contributed by atoms with van der Waals surface area (Å²) in [7, 11) is 0. The van der Waals surface area contributed by atoms with E-state index in [0.717, 1.165) is 19.4 Å². The largest absolute Gasteiger partial charge is 0.481 e. The fourth-order valence-corrected chi connectivity index (χ4v) is 1.47. The van der Waals surface area contributed by atoms with Crippen LogP contribution in [0.3, 0.4) is 0 Å². The average molecular weight is 215 g/mol. The number of ether oxygens (including phenoxy) is 1. The highest BCUT2D eigenvalue weighted by atomic mass is 16.5. The van der Waals surface area contributed by atoms with Gasteiger partial charge in [-0.25, -0.2) is 0 Å². The normalized spacial score (nSPS) is 17.7. The molecule has 0 saturated heterocycles. The zero-order chi connectivity index (χ0) is 11.1. The molecule has 4 nitrogen and oxygen atoms in total. The van der Waals surface area contributed by atoms with Gasteiger partial charge in [-0.2, -0.15) is 0 Å². The molecule has 0 radical (unpaired) electrons. The number of nitrogens with two attached hydrogens (primary N) is 1. The van der Waals surface area contributed by atoms with Crippen molar-refractivity contribution in [1.82, 2.24) is 0 Å². The van der Waals surface area contributed by atoms with Gasteiger partial charge >= 0.3 is 5.97 Å². The van der Waals surface area contributed by atoms with E-state index < -0.39 is 5.97 Å². The lowest BCUT2D eigenvalue weighted by Crippen LogP contribution is -2.20. The topological polar surface area (TPSA) is 72.5 Å². The molecule has 0 aromatic rings. The molecule has 0 amide bonds. The first-order valence-corrected chi connectivity index (χ1v) is 5.74. The molecule has 0 spiro atoms. The molecule has 1 aliphatic carbocycles. The Balaban J connectivity index is 2.08. The number of carboxylic acids is 1. The minimum Gasteiger partial charge on any atom is -0.481 e. The molecule has 0 aromatic carbocycles. The van der Waals surface area contributed by atoms with E-state index in [4.69, 9.17) is 15.6 Å². The molecule has 0 heterocycles. The summed E-state index contributed by atoms with van der Waals surface area (Å²) in [6.45, 7) is 1.73. The van der Waals surface area contributed by atoms with Gasteiger partial charge in [0.1, 0.15) is 0 Å². The number of hydrogen-bond acceptors (Lipinski definition) is 3. The molecule has 1 fully saturated rings. The summed E-state index contributed by atoms with van der Waals surface area (Å²) in [5.74, 6) is -0.401. The van der Waals surface area contributed by atoms with Crippen LogP contribution in [0.15, 0.2) is 0 Å². The number of carbonyl (C=O) groups is 1. The van der Waals surface area contributed by atoms with E-state index in [-0.39, 0.29) is 5.92 Å². The molecule has 1 atom stereocenters. The zero-order valence-electron chi connectivity index (χ0n) is 9.15. The minimum absolute atomic E-state index is 0.352. The van der Waals surface area contributed by atoms with Crippen LogP contribution in [0.2, 0.25) is 0 Å². The van der Waals surface area contributed by atoms with Crippen molar-refractivity contribution in [3.63, 3.8) is 0 Å². The lowest BCUT2D eigenvalue weighted by molar-refractivity contribution is -0.144. The SMILES string of the molecule is NCCCCC(COCC1CC1)C(=O)O. The summed E-state index contributed by atoms with van der Waals surface area (Å²) in [5, 5.41) is 8.94. The molecule has 1 saturated carbocycles. The van der Waals surface area contributed by atoms with Gasteiger partial charge in [0.05, 0.1) is 12.5 Å². The van der Waals surface area contributed by atoms with Gasteiger partial charge in [-0.3, -0.25) is 4.79 Å². The number of rotatable bonds is 9. The van der Waals surface area contributed by atoms with Gasteiger partial charge < -0.3 is 15.6 Å². The Hall–Kier alpha value is -0.610. The second-order valence-corrected chi connectivity index (χ2v) is 4.30. The smallest absolute Gasteiger partial charge is 0.308 e. The van der Waals surface area contributed by atoms with Crippen LogP contribution in [-0.4, -0.2) is 30.8 Å². The standard InChI is InChI=1S/C11H21NO3/c12-6-2-1-3-10(11(13)14)8-15-7-9-4-5-9/h9-10H,1-8,12H2,(H,13,14). The van der Waals surface area contributed by atoms with Gasteiger partial charge in [-0.05, 0) is 38.1 Å². The third-order valence-electron chi connectivity index (χ3n) is 2.73. The summed E-state index contributed by atoms with van der Waals surface area (Å²) in [4.78, 5) is 10.9. The summed E-state index contributed by atoms with van der Waals surface area (Å²) >= 11 is 0. The van der Waals surface area contributed by atoms with E-state index in [0.29, 0.717) is 25.5 Å². The van der Waals surface area contributed by atoms with Gasteiger partial charge in [0.25, 0.3) is 0 Å². The average Bonchev–Trinajstić information content (AvgIpc) is 2.99. The molecule has 1 aliphatic rings. The van der Waals surface area contributed by atoms with Crippen LogP contribution in [0, 0.1) is 11.8 Å². The first kappa shape index (κ1) is 12.5. The molecule has 15 heavy (non-hydrogen) atoms. The van der Waals surface area contributed by atoms with Crippen LogP contribution in [0.4, 0.5) is 0 Å². The molecule has 3 N–H and O–H groups in total. The summed E-state index contributed by atoms with van der Waals surface area (Å²) in [6.07, 6.45) is 4.93. The molecule has 1 unspecified atom stereocenters. The van der Waals surface area contributed by atoms with E-state index >= 15 is 0 Å². The second kappa shape index (κ2) is 6.80. The van der Waals surface area contributed by atoms with E-state index in [1.54, 1.807) is 0 Å². The molecule has 0 bridgehead atoms. The molecule has 4 heteroatoms. The van der Waals surface area contributed by atoms with E-state index in [1.165, 1.54) is 12.8 Å². The first-order valence-electron chi connectivity index (χ1n) is 5.74. The molecule has 0 aliphatic heterocycles. The minimum atomic E-state index is -0.747. The second-order valence-electron chi connectivity index (χ2n) is 4.30. The Morgan fingerprint density at radius 3 is 2.73 bits per heavy atom. The van der Waals surface area contributed by atoms with Crippen LogP contribution >= 0.6 is 0 Å². The highest BCUT2D eigenvalue weighted by Crippen LogP contribution is 2.29. The van der Waals surface area contributed by atoms with Gasteiger partial charge in [-0.1, -0.05) is 6.42 Å². The monoisotopic (exact) mass is 215 g/mol. The Morgan fingerprint density at radius 1 is 1.47 bits per heavy atom. The van der Waals surface area contributed by atoms with Crippen molar-refractivity contribution in [2.45, 2.75) is 32.1 Å². The number of unbranched alkanes of at least 4 members (excludes halogenated alkanes) is 1. The van der Waals surface area contributed by atoms with Crippen LogP contribution < -0.4 is 5.73 Å². The Kier molecular flexibility index (Phi) is 5.65. The van der Waals surface area contributed by atoms with Crippen LogP contribution in [-0.2, 0) is 9.53 Å². The van der Waals surface area contributed by atoms with Gasteiger partial charge in [0.2, 0.25) is 0 Å². The predicted octanol–water partition coefficient (Wildman–Crippen LogP) is 1.24. The summed E-state index contributed by atoms with van der Waals surface area (Å²) in [5.41, 5.74) is 5.36. The van der Waals surface area contributed by atoms with Gasteiger partial charge in [0.15, 0.2) is 0 Å². The van der Waals surface area contributed by atoms with Crippen LogP contribution in [0.25, 0.3) is 0 Å². The fraction of sp³-hybridized carbons (Fsp3) is 0.909. The van der Waals surface area contributed by atoms with Crippen LogP contribution in [0.1, 0.15) is 32.1 Å². The molecule has 0 aromatic heterocycles. The predicted molar refractivity (Wildman–Crippen MR) is 57.6 cm³/mol. The van der Waals surface area contributed by atoms with Crippen molar-refractivity contribution in [1.29, 1.82) is 0 Å². The van der Waals surface area contributed by atoms with Crippen molar-refractivity contribution in [2.24, 2.45) is 17.6 Å². The third-order valence-corrected chi connectivity index (χ3v) is 2.73. The first-order chi connectivity index (χ1) is 7.24. The van der Waals surface area contributed by atoms with Gasteiger partial charge in [0, 0.05) is 6.61 Å². The number of hydrogen-bond donors (Lipinski definition) is 2. The molecular weight excluding hydrogens is 194 g/mol. The quantitative estimate of drug-likeness (QED) is 0.568. The highest BCUT2D eigenvalue weighted by molar-refractivity contribution is 5.70. The Morgan fingerprint density at radius 2 is 2.20 bits per heavy atom. The van der Waals surface area contributed by atoms with Crippen molar-refractivity contribution in [2.75, 3.05) is 19.8 Å².